The lowest BCUT2D eigenvalue weighted by atomic mass is 9.90. The summed E-state index contributed by atoms with van der Waals surface area (Å²) in [6.45, 7) is 0.828. The van der Waals surface area contributed by atoms with Gasteiger partial charge in [0.05, 0.1) is 25.6 Å². The second-order valence-corrected chi connectivity index (χ2v) is 6.12. The number of aliphatic carboxylic acids is 1. The Bertz CT molecular complexity index is 658. The number of carboxylic acid groups (broad SMARTS) is 1. The van der Waals surface area contributed by atoms with Crippen LogP contribution in [-0.4, -0.2) is 61.3 Å². The summed E-state index contributed by atoms with van der Waals surface area (Å²) in [5.74, 6) is -2.97. The van der Waals surface area contributed by atoms with E-state index in [1.165, 1.54) is 6.08 Å². The number of carboxylic acids is 1. The molecule has 0 aliphatic heterocycles. The van der Waals surface area contributed by atoms with Crippen molar-refractivity contribution in [2.75, 3.05) is 19.8 Å². The average molecular weight is 395 g/mol. The number of aldehydes is 2. The number of allylic oxidation sites excluding steroid dienone is 3. The van der Waals surface area contributed by atoms with Crippen molar-refractivity contribution < 1.29 is 33.8 Å². The van der Waals surface area contributed by atoms with E-state index in [9.17, 15) is 24.0 Å². The fourth-order valence-electron chi connectivity index (χ4n) is 2.53. The first kappa shape index (κ1) is 23.0. The number of hydrogen-bond donors (Lipinski definition) is 4. The molecule has 2 unspecified atom stereocenters. The van der Waals surface area contributed by atoms with E-state index in [2.05, 4.69) is 10.6 Å². The van der Waals surface area contributed by atoms with Crippen LogP contribution in [0.1, 0.15) is 25.7 Å². The summed E-state index contributed by atoms with van der Waals surface area (Å²) in [5, 5.41) is 14.0. The van der Waals surface area contributed by atoms with Gasteiger partial charge in [-0.1, -0.05) is 6.08 Å². The van der Waals surface area contributed by atoms with Crippen LogP contribution in [0.5, 0.6) is 0 Å². The van der Waals surface area contributed by atoms with E-state index in [1.54, 1.807) is 6.08 Å². The number of carbonyl (C=O) groups excluding carboxylic acids is 4. The molecule has 1 rings (SSSR count). The summed E-state index contributed by atoms with van der Waals surface area (Å²) >= 11 is 0. The van der Waals surface area contributed by atoms with Crippen molar-refractivity contribution >= 4 is 30.4 Å². The molecule has 0 bridgehead atoms. The van der Waals surface area contributed by atoms with Crippen LogP contribution >= 0.6 is 0 Å². The summed E-state index contributed by atoms with van der Waals surface area (Å²) < 4.78 is 5.16. The molecule has 1 aliphatic carbocycles. The lowest BCUT2D eigenvalue weighted by Gasteiger charge is -2.23. The predicted molar refractivity (Wildman–Crippen MR) is 97.8 cm³/mol. The lowest BCUT2D eigenvalue weighted by molar-refractivity contribution is -0.138. The smallest absolute Gasteiger partial charge is 0.305 e. The lowest BCUT2D eigenvalue weighted by Crippen LogP contribution is -2.46. The van der Waals surface area contributed by atoms with Gasteiger partial charge in [0.2, 0.25) is 11.8 Å². The topological polar surface area (TPSA) is 165 Å². The zero-order valence-corrected chi connectivity index (χ0v) is 15.4. The minimum absolute atomic E-state index is 0.0731. The van der Waals surface area contributed by atoms with Crippen molar-refractivity contribution in [3.63, 3.8) is 0 Å². The second kappa shape index (κ2) is 12.4. The molecule has 0 radical (unpaired) electrons. The van der Waals surface area contributed by atoms with Crippen LogP contribution in [0, 0.1) is 5.92 Å². The van der Waals surface area contributed by atoms with Crippen LogP contribution in [0.4, 0.5) is 0 Å². The first-order valence-electron chi connectivity index (χ1n) is 8.82. The quantitative estimate of drug-likeness (QED) is 0.216. The van der Waals surface area contributed by atoms with Crippen molar-refractivity contribution in [2.24, 2.45) is 11.7 Å². The molecule has 0 fully saturated rings. The van der Waals surface area contributed by atoms with E-state index >= 15 is 0 Å². The van der Waals surface area contributed by atoms with E-state index in [0.29, 0.717) is 25.7 Å². The van der Waals surface area contributed by atoms with E-state index in [1.807, 2.05) is 0 Å². The summed E-state index contributed by atoms with van der Waals surface area (Å²) in [6, 6.07) is -0.989. The fraction of sp³-hybridized carbons (Fsp3) is 0.500. The van der Waals surface area contributed by atoms with Gasteiger partial charge in [0, 0.05) is 30.7 Å². The van der Waals surface area contributed by atoms with E-state index in [0.717, 1.165) is 5.70 Å². The Kier molecular flexibility index (Phi) is 10.2. The normalized spacial score (nSPS) is 16.9. The van der Waals surface area contributed by atoms with Crippen molar-refractivity contribution in [3.8, 4) is 0 Å². The Hall–Kier alpha value is -3.01. The van der Waals surface area contributed by atoms with Gasteiger partial charge < -0.3 is 35.8 Å². The van der Waals surface area contributed by atoms with Crippen LogP contribution in [-0.2, 0) is 28.7 Å². The van der Waals surface area contributed by atoms with Crippen LogP contribution < -0.4 is 16.4 Å². The molecular weight excluding hydrogens is 370 g/mol. The molecule has 0 spiro atoms. The highest BCUT2D eigenvalue weighted by molar-refractivity contribution is 6.00. The Balaban J connectivity index is 2.60. The molecule has 2 atom stereocenters. The number of amides is 2. The molecule has 0 aromatic carbocycles. The van der Waals surface area contributed by atoms with Crippen LogP contribution in [0.15, 0.2) is 23.4 Å². The van der Waals surface area contributed by atoms with E-state index in [4.69, 9.17) is 15.6 Å². The maximum Gasteiger partial charge on any atom is 0.305 e. The van der Waals surface area contributed by atoms with Crippen LogP contribution in [0.2, 0.25) is 0 Å². The number of hydrogen-bond acceptors (Lipinski definition) is 7. The van der Waals surface area contributed by atoms with Gasteiger partial charge in [0.1, 0.15) is 18.6 Å². The third-order valence-electron chi connectivity index (χ3n) is 4.01. The van der Waals surface area contributed by atoms with E-state index < -0.39 is 29.7 Å². The molecule has 5 N–H and O–H groups in total. The van der Waals surface area contributed by atoms with Crippen molar-refractivity contribution in [1.82, 2.24) is 10.6 Å². The van der Waals surface area contributed by atoms with Crippen LogP contribution in [0.3, 0.4) is 0 Å². The first-order chi connectivity index (χ1) is 13.4. The predicted octanol–water partition coefficient (Wildman–Crippen LogP) is -0.954. The number of primary amides is 1. The van der Waals surface area contributed by atoms with Gasteiger partial charge in [-0.25, -0.2) is 0 Å². The number of nitrogens with two attached hydrogens (primary N) is 1. The van der Waals surface area contributed by atoms with Gasteiger partial charge in [0.25, 0.3) is 0 Å². The molecule has 10 heteroatoms. The highest BCUT2D eigenvalue weighted by atomic mass is 16.5. The Morgan fingerprint density at radius 3 is 2.64 bits per heavy atom. The molecule has 1 aliphatic rings. The third kappa shape index (κ3) is 8.12. The molecular formula is C18H25N3O7. The fourth-order valence-corrected chi connectivity index (χ4v) is 2.53. The highest BCUT2D eigenvalue weighted by Gasteiger charge is 2.27. The van der Waals surface area contributed by atoms with Gasteiger partial charge >= 0.3 is 5.97 Å². The minimum atomic E-state index is -0.989. The van der Waals surface area contributed by atoms with Gasteiger partial charge in [-0.15, -0.1) is 0 Å². The maximum absolute atomic E-state index is 12.4. The summed E-state index contributed by atoms with van der Waals surface area (Å²) in [6.07, 6.45) is 4.78. The molecule has 154 valence electrons. The minimum Gasteiger partial charge on any atom is -0.481 e. The van der Waals surface area contributed by atoms with Gasteiger partial charge in [-0.05, 0) is 12.5 Å². The molecule has 0 saturated carbocycles. The summed E-state index contributed by atoms with van der Waals surface area (Å²) in [4.78, 5) is 56.0. The second-order valence-electron chi connectivity index (χ2n) is 6.12. The molecule has 0 heterocycles. The van der Waals surface area contributed by atoms with Crippen molar-refractivity contribution in [3.05, 3.63) is 23.4 Å². The van der Waals surface area contributed by atoms with E-state index in [-0.39, 0.29) is 37.9 Å². The average Bonchev–Trinajstić information content (AvgIpc) is 2.66. The molecule has 28 heavy (non-hydrogen) atoms. The van der Waals surface area contributed by atoms with Crippen molar-refractivity contribution in [2.45, 2.75) is 31.7 Å². The van der Waals surface area contributed by atoms with Gasteiger partial charge in [-0.2, -0.15) is 0 Å². The molecule has 0 aromatic rings. The number of nitrogens with one attached hydrogen (secondary N) is 2. The summed E-state index contributed by atoms with van der Waals surface area (Å²) in [5.41, 5.74) is 6.15. The van der Waals surface area contributed by atoms with Gasteiger partial charge in [0.15, 0.2) is 0 Å². The standard InChI is InChI=1S/C18H25N3O7/c19-17(26)15(2-1-7-22)21-18(27)14-4-3-13(10-12(14)11-23)20-6-9-28-8-5-16(24)25/h3-4,7,11-12,15,20H,1-2,5-6,8-10H2,(H2,19,26)(H,21,27)(H,24,25). The molecule has 2 amide bonds. The highest BCUT2D eigenvalue weighted by Crippen LogP contribution is 2.23. The molecule has 0 saturated heterocycles. The monoisotopic (exact) mass is 395 g/mol. The number of carbonyl (C=O) groups is 5. The van der Waals surface area contributed by atoms with Crippen LogP contribution in [0.25, 0.3) is 0 Å². The third-order valence-corrected chi connectivity index (χ3v) is 4.01. The SMILES string of the molecule is NC(=O)C(CCC=O)NC(=O)C1=CC=C(NCCOCCC(=O)O)CC1C=O. The molecule has 10 nitrogen and oxygen atoms in total. The Morgan fingerprint density at radius 2 is 2.04 bits per heavy atom. The molecule has 0 aromatic heterocycles. The van der Waals surface area contributed by atoms with Crippen molar-refractivity contribution in [1.29, 1.82) is 0 Å². The first-order valence-corrected chi connectivity index (χ1v) is 8.82. The Labute approximate surface area is 162 Å². The maximum atomic E-state index is 12.4. The number of ether oxygens (including phenoxy) is 1. The summed E-state index contributed by atoms with van der Waals surface area (Å²) in [7, 11) is 0. The zero-order valence-electron chi connectivity index (χ0n) is 15.4. The van der Waals surface area contributed by atoms with Gasteiger partial charge in [-0.3, -0.25) is 14.4 Å². The Morgan fingerprint density at radius 1 is 1.29 bits per heavy atom. The zero-order chi connectivity index (χ0) is 20.9. The number of rotatable bonds is 14. The largest absolute Gasteiger partial charge is 0.481 e.